The lowest BCUT2D eigenvalue weighted by molar-refractivity contribution is -0.0226. The third-order valence-electron chi connectivity index (χ3n) is 3.75. The minimum Gasteiger partial charge on any atom is -0.396 e. The van der Waals surface area contributed by atoms with Gasteiger partial charge in [-0.25, -0.2) is 0 Å². The first kappa shape index (κ1) is 18.1. The Hall–Kier alpha value is 0.0300. The van der Waals surface area contributed by atoms with E-state index in [0.29, 0.717) is 25.4 Å². The summed E-state index contributed by atoms with van der Waals surface area (Å²) in [6.45, 7) is 6.63. The minimum atomic E-state index is -3.99. The van der Waals surface area contributed by atoms with Crippen molar-refractivity contribution >= 4 is 7.60 Å². The maximum absolute atomic E-state index is 11.0. The first-order valence-electron chi connectivity index (χ1n) is 7.18. The van der Waals surface area contributed by atoms with Gasteiger partial charge in [0.2, 0.25) is 0 Å². The summed E-state index contributed by atoms with van der Waals surface area (Å²) in [6, 6.07) is 0. The second kappa shape index (κ2) is 7.87. The Morgan fingerprint density at radius 1 is 1.35 bits per heavy atom. The van der Waals surface area contributed by atoms with Crippen LogP contribution in [0.3, 0.4) is 0 Å². The first-order valence-corrected chi connectivity index (χ1v) is 8.98. The molecular formula is C13H27O6P. The summed E-state index contributed by atoms with van der Waals surface area (Å²) < 4.78 is 22.7. The van der Waals surface area contributed by atoms with E-state index in [9.17, 15) is 4.57 Å². The number of aliphatic hydroxyl groups excluding tert-OH is 1. The predicted molar refractivity (Wildman–Crippen MR) is 75.6 cm³/mol. The van der Waals surface area contributed by atoms with Crippen molar-refractivity contribution in [1.29, 1.82) is 0 Å². The Kier molecular flexibility index (Phi) is 7.12. The van der Waals surface area contributed by atoms with Crippen molar-refractivity contribution in [2.75, 3.05) is 19.4 Å². The van der Waals surface area contributed by atoms with Crippen molar-refractivity contribution in [1.82, 2.24) is 0 Å². The van der Waals surface area contributed by atoms with Gasteiger partial charge in [-0.05, 0) is 25.7 Å². The van der Waals surface area contributed by atoms with Crippen molar-refractivity contribution in [2.24, 2.45) is 11.8 Å². The summed E-state index contributed by atoms with van der Waals surface area (Å²) >= 11 is 0. The van der Waals surface area contributed by atoms with Gasteiger partial charge in [0.15, 0.2) is 0 Å². The quantitative estimate of drug-likeness (QED) is 0.463. The molecule has 1 rings (SSSR count). The first-order chi connectivity index (χ1) is 9.26. The Morgan fingerprint density at radius 3 is 2.50 bits per heavy atom. The molecule has 4 atom stereocenters. The molecule has 0 radical (unpaired) electrons. The van der Waals surface area contributed by atoms with Crippen molar-refractivity contribution in [3.05, 3.63) is 0 Å². The highest BCUT2D eigenvalue weighted by Crippen LogP contribution is 2.41. The maximum Gasteiger partial charge on any atom is 0.325 e. The van der Waals surface area contributed by atoms with Gasteiger partial charge in [-0.2, -0.15) is 0 Å². The second-order valence-corrected chi connectivity index (χ2v) is 7.57. The normalized spacial score (nSPS) is 31.1. The van der Waals surface area contributed by atoms with Crippen LogP contribution >= 0.6 is 7.60 Å². The van der Waals surface area contributed by atoms with Gasteiger partial charge in [0.05, 0.1) is 24.5 Å². The minimum absolute atomic E-state index is 0.0803. The summed E-state index contributed by atoms with van der Waals surface area (Å²) in [7, 11) is -3.99. The number of ether oxygens (including phenoxy) is 2. The van der Waals surface area contributed by atoms with E-state index in [1.54, 1.807) is 0 Å². The maximum atomic E-state index is 11.0. The molecule has 7 heteroatoms. The molecule has 120 valence electrons. The van der Waals surface area contributed by atoms with Crippen LogP contribution in [0.1, 0.15) is 33.6 Å². The van der Waals surface area contributed by atoms with E-state index in [1.807, 2.05) is 6.92 Å². The van der Waals surface area contributed by atoms with E-state index in [2.05, 4.69) is 13.8 Å². The summed E-state index contributed by atoms with van der Waals surface area (Å²) in [5, 5.41) is 8.81. The number of hydrogen-bond donors (Lipinski definition) is 3. The standard InChI is InChI=1S/C13H27O6P/c1-9(2)12-11(5-8-20(15,16)17)19-10(3)13(12)18-7-4-6-14/h9-14H,4-8H2,1-3H3,(H2,15,16,17)/t10-,11+,12+,13-/m0/s1. The average Bonchev–Trinajstić information content (AvgIpc) is 2.63. The van der Waals surface area contributed by atoms with Gasteiger partial charge in [0.25, 0.3) is 0 Å². The Morgan fingerprint density at radius 2 is 2.00 bits per heavy atom. The molecule has 1 saturated heterocycles. The van der Waals surface area contributed by atoms with Crippen LogP contribution in [0.2, 0.25) is 0 Å². The van der Waals surface area contributed by atoms with Gasteiger partial charge in [0.1, 0.15) is 0 Å². The van der Waals surface area contributed by atoms with Gasteiger partial charge in [-0.15, -0.1) is 0 Å². The highest BCUT2D eigenvalue weighted by Gasteiger charge is 2.44. The van der Waals surface area contributed by atoms with Crippen molar-refractivity contribution < 1.29 is 28.9 Å². The molecule has 6 nitrogen and oxygen atoms in total. The molecule has 1 heterocycles. The fourth-order valence-corrected chi connectivity index (χ4v) is 3.45. The largest absolute Gasteiger partial charge is 0.396 e. The van der Waals surface area contributed by atoms with Gasteiger partial charge in [-0.3, -0.25) is 4.57 Å². The van der Waals surface area contributed by atoms with Crippen LogP contribution in [0, 0.1) is 11.8 Å². The Labute approximate surface area is 120 Å². The van der Waals surface area contributed by atoms with E-state index < -0.39 is 7.60 Å². The van der Waals surface area contributed by atoms with Crippen LogP contribution in [0.25, 0.3) is 0 Å². The molecule has 0 aromatic rings. The zero-order chi connectivity index (χ0) is 15.3. The number of aliphatic hydroxyl groups is 1. The summed E-state index contributed by atoms with van der Waals surface area (Å²) in [5.74, 6) is 0.427. The van der Waals surface area contributed by atoms with Crippen LogP contribution in [0.15, 0.2) is 0 Å². The van der Waals surface area contributed by atoms with Crippen LogP contribution in [0.4, 0.5) is 0 Å². The molecule has 1 fully saturated rings. The van der Waals surface area contributed by atoms with E-state index in [1.165, 1.54) is 0 Å². The predicted octanol–water partition coefficient (Wildman–Crippen LogP) is 1.38. The lowest BCUT2D eigenvalue weighted by Crippen LogP contribution is -2.34. The topological polar surface area (TPSA) is 96.2 Å². The molecule has 0 aliphatic carbocycles. The Bertz CT molecular complexity index is 329. The molecule has 0 aromatic carbocycles. The van der Waals surface area contributed by atoms with Crippen molar-refractivity contribution in [3.63, 3.8) is 0 Å². The lowest BCUT2D eigenvalue weighted by Gasteiger charge is -2.27. The number of hydrogen-bond acceptors (Lipinski definition) is 4. The fourth-order valence-electron chi connectivity index (χ4n) is 2.86. The highest BCUT2D eigenvalue weighted by molar-refractivity contribution is 7.51. The van der Waals surface area contributed by atoms with E-state index in [4.69, 9.17) is 24.4 Å². The SMILES string of the molecule is CC(C)[C@H]1[C@@H](OCCCO)[C@H](C)O[C@@H]1CCP(=O)(O)O. The fraction of sp³-hybridized carbons (Fsp3) is 1.00. The van der Waals surface area contributed by atoms with Crippen LogP contribution < -0.4 is 0 Å². The molecule has 3 N–H and O–H groups in total. The average molecular weight is 310 g/mol. The van der Waals surface area contributed by atoms with Gasteiger partial charge in [0, 0.05) is 19.1 Å². The molecule has 0 unspecified atom stereocenters. The third-order valence-corrected chi connectivity index (χ3v) is 4.59. The molecule has 0 aromatic heterocycles. The Balaban J connectivity index is 2.64. The summed E-state index contributed by atoms with van der Waals surface area (Å²) in [4.78, 5) is 18.0. The zero-order valence-corrected chi connectivity index (χ0v) is 13.3. The van der Waals surface area contributed by atoms with E-state index in [0.717, 1.165) is 0 Å². The number of rotatable bonds is 8. The van der Waals surface area contributed by atoms with Crippen LogP contribution in [0.5, 0.6) is 0 Å². The molecule has 0 saturated carbocycles. The molecular weight excluding hydrogens is 283 g/mol. The van der Waals surface area contributed by atoms with Gasteiger partial charge in [-0.1, -0.05) is 13.8 Å². The molecule has 1 aliphatic rings. The molecule has 0 amide bonds. The third kappa shape index (κ3) is 5.43. The molecule has 0 bridgehead atoms. The summed E-state index contributed by atoms with van der Waals surface area (Å²) in [6.07, 6.45) is 0.415. The lowest BCUT2D eigenvalue weighted by atomic mass is 9.85. The van der Waals surface area contributed by atoms with Crippen LogP contribution in [-0.2, 0) is 14.0 Å². The molecule has 0 spiro atoms. The van der Waals surface area contributed by atoms with Gasteiger partial charge < -0.3 is 24.4 Å². The van der Waals surface area contributed by atoms with E-state index in [-0.39, 0.29) is 37.0 Å². The molecule has 1 aliphatic heterocycles. The monoisotopic (exact) mass is 310 g/mol. The van der Waals surface area contributed by atoms with Crippen molar-refractivity contribution in [2.45, 2.75) is 51.9 Å². The summed E-state index contributed by atoms with van der Waals surface area (Å²) in [5.41, 5.74) is 0. The van der Waals surface area contributed by atoms with Crippen LogP contribution in [-0.4, -0.2) is 52.6 Å². The smallest absolute Gasteiger partial charge is 0.325 e. The van der Waals surface area contributed by atoms with Gasteiger partial charge >= 0.3 is 7.60 Å². The van der Waals surface area contributed by atoms with Crippen molar-refractivity contribution in [3.8, 4) is 0 Å². The van der Waals surface area contributed by atoms with E-state index >= 15 is 0 Å². The zero-order valence-electron chi connectivity index (χ0n) is 12.4. The highest BCUT2D eigenvalue weighted by atomic mass is 31.2. The molecule has 20 heavy (non-hydrogen) atoms. The second-order valence-electron chi connectivity index (χ2n) is 5.79.